The van der Waals surface area contributed by atoms with E-state index in [0.29, 0.717) is 5.92 Å². The first kappa shape index (κ1) is 9.78. The number of hydrogen-bond acceptors (Lipinski definition) is 3. The molecule has 0 saturated heterocycles. The zero-order valence-corrected chi connectivity index (χ0v) is 10.3. The third kappa shape index (κ3) is 1.52. The smallest absolute Gasteiger partial charge is 0.153 e. The van der Waals surface area contributed by atoms with Crippen LogP contribution in [0, 0.1) is 17.8 Å². The molecule has 0 spiro atoms. The molecule has 2 aliphatic rings. The zero-order chi connectivity index (χ0) is 10.6. The predicted molar refractivity (Wildman–Crippen MR) is 60.0 cm³/mol. The minimum atomic E-state index is 0.0900. The Morgan fingerprint density at radius 3 is 2.60 bits per heavy atom. The van der Waals surface area contributed by atoms with E-state index in [9.17, 15) is 0 Å². The lowest BCUT2D eigenvalue weighted by Gasteiger charge is -2.20. The van der Waals surface area contributed by atoms with Crippen molar-refractivity contribution in [3.8, 4) is 0 Å². The summed E-state index contributed by atoms with van der Waals surface area (Å²) < 4.78 is 2.59. The molecule has 3 atom stereocenters. The van der Waals surface area contributed by atoms with Crippen LogP contribution in [0.3, 0.4) is 0 Å². The average Bonchev–Trinajstić information content (AvgIpc) is 2.66. The van der Waals surface area contributed by atoms with Crippen molar-refractivity contribution in [2.75, 3.05) is 0 Å². The Morgan fingerprint density at radius 2 is 2.07 bits per heavy atom. The van der Waals surface area contributed by atoms with Crippen LogP contribution < -0.4 is 5.73 Å². The minimum Gasteiger partial charge on any atom is -0.322 e. The van der Waals surface area contributed by atoms with E-state index in [1.165, 1.54) is 19.3 Å². The number of aromatic nitrogens is 3. The molecule has 0 radical (unpaired) electrons. The van der Waals surface area contributed by atoms with Gasteiger partial charge >= 0.3 is 0 Å². The van der Waals surface area contributed by atoms with Crippen LogP contribution in [-0.4, -0.2) is 15.0 Å². The number of nitrogens with zero attached hydrogens (tertiary/aromatic N) is 3. The van der Waals surface area contributed by atoms with Crippen molar-refractivity contribution < 1.29 is 0 Å². The van der Waals surface area contributed by atoms with Crippen molar-refractivity contribution >= 4 is 15.9 Å². The molecule has 0 aliphatic heterocycles. The Balaban J connectivity index is 1.81. The van der Waals surface area contributed by atoms with Gasteiger partial charge in [0.25, 0.3) is 0 Å². The Hall–Kier alpha value is -0.420. The normalized spacial score (nSPS) is 35.3. The molecule has 3 rings (SSSR count). The van der Waals surface area contributed by atoms with Gasteiger partial charge in [-0.15, -0.1) is 5.10 Å². The fourth-order valence-electron chi connectivity index (χ4n) is 2.97. The number of nitrogens with two attached hydrogens (primary N) is 1. The molecule has 2 saturated carbocycles. The van der Waals surface area contributed by atoms with E-state index in [4.69, 9.17) is 5.73 Å². The van der Waals surface area contributed by atoms with Gasteiger partial charge in [0.2, 0.25) is 0 Å². The lowest BCUT2D eigenvalue weighted by molar-refractivity contribution is 0.386. The molecule has 2 aliphatic carbocycles. The van der Waals surface area contributed by atoms with Crippen molar-refractivity contribution in [1.82, 2.24) is 15.0 Å². The first-order valence-corrected chi connectivity index (χ1v) is 6.26. The Kier molecular flexibility index (Phi) is 2.14. The standard InChI is InChI=1S/C10H15BrN4/c1-15-9(10(11)13-14-15)8(12)7-3-5-2-6(5)4-7/h5-8H,2-4,12H2,1H3. The summed E-state index contributed by atoms with van der Waals surface area (Å²) in [5, 5.41) is 7.97. The molecule has 0 amide bonds. The fraction of sp³-hybridized carbons (Fsp3) is 0.800. The molecular weight excluding hydrogens is 256 g/mol. The number of rotatable bonds is 2. The summed E-state index contributed by atoms with van der Waals surface area (Å²) in [6.45, 7) is 0. The van der Waals surface area contributed by atoms with E-state index >= 15 is 0 Å². The van der Waals surface area contributed by atoms with Crippen molar-refractivity contribution in [2.24, 2.45) is 30.5 Å². The van der Waals surface area contributed by atoms with Gasteiger partial charge in [-0.2, -0.15) is 0 Å². The number of halogens is 1. The van der Waals surface area contributed by atoms with Crippen LogP contribution in [0.1, 0.15) is 31.0 Å². The SMILES string of the molecule is Cn1nnc(Br)c1C(N)C1CC2CC2C1. The zero-order valence-electron chi connectivity index (χ0n) is 8.73. The van der Waals surface area contributed by atoms with Gasteiger partial charge in [-0.25, -0.2) is 4.68 Å². The van der Waals surface area contributed by atoms with Gasteiger partial charge in [0.05, 0.1) is 11.7 Å². The Morgan fingerprint density at radius 1 is 1.40 bits per heavy atom. The highest BCUT2D eigenvalue weighted by Gasteiger charge is 2.48. The number of hydrogen-bond donors (Lipinski definition) is 1. The fourth-order valence-corrected chi connectivity index (χ4v) is 3.56. The molecule has 2 N–H and O–H groups in total. The summed E-state index contributed by atoms with van der Waals surface area (Å²) in [7, 11) is 1.91. The van der Waals surface area contributed by atoms with Crippen LogP contribution in [-0.2, 0) is 7.05 Å². The number of aryl methyl sites for hydroxylation is 1. The van der Waals surface area contributed by atoms with E-state index in [0.717, 1.165) is 22.1 Å². The second-order valence-electron chi connectivity index (χ2n) is 4.90. The van der Waals surface area contributed by atoms with E-state index in [1.54, 1.807) is 4.68 Å². The highest BCUT2D eigenvalue weighted by atomic mass is 79.9. The maximum absolute atomic E-state index is 6.30. The first-order chi connectivity index (χ1) is 7.16. The number of fused-ring (bicyclic) bond motifs is 1. The van der Waals surface area contributed by atoms with Crippen molar-refractivity contribution in [3.63, 3.8) is 0 Å². The second-order valence-corrected chi connectivity index (χ2v) is 5.65. The molecule has 5 heteroatoms. The minimum absolute atomic E-state index is 0.0900. The van der Waals surface area contributed by atoms with Gasteiger partial charge in [-0.3, -0.25) is 0 Å². The van der Waals surface area contributed by atoms with Crippen LogP contribution in [0.4, 0.5) is 0 Å². The summed E-state index contributed by atoms with van der Waals surface area (Å²) >= 11 is 3.42. The molecule has 4 nitrogen and oxygen atoms in total. The largest absolute Gasteiger partial charge is 0.322 e. The van der Waals surface area contributed by atoms with Gasteiger partial charge in [0.1, 0.15) is 0 Å². The second kappa shape index (κ2) is 3.28. The quantitative estimate of drug-likeness (QED) is 0.889. The molecule has 1 heterocycles. The lowest BCUT2D eigenvalue weighted by Crippen LogP contribution is -2.23. The monoisotopic (exact) mass is 270 g/mol. The van der Waals surface area contributed by atoms with Crippen LogP contribution in [0.15, 0.2) is 4.60 Å². The maximum Gasteiger partial charge on any atom is 0.153 e. The van der Waals surface area contributed by atoms with E-state index in [1.807, 2.05) is 7.05 Å². The Labute approximate surface area is 97.3 Å². The van der Waals surface area contributed by atoms with Gasteiger partial charge in [-0.05, 0) is 52.9 Å². The molecule has 0 aromatic carbocycles. The Bertz CT molecular complexity index is 359. The molecule has 82 valence electrons. The summed E-state index contributed by atoms with van der Waals surface area (Å²) in [6, 6.07) is 0.0900. The van der Waals surface area contributed by atoms with E-state index < -0.39 is 0 Å². The van der Waals surface area contributed by atoms with Crippen LogP contribution in [0.5, 0.6) is 0 Å². The molecule has 1 aromatic rings. The summed E-state index contributed by atoms with van der Waals surface area (Å²) in [6.07, 6.45) is 4.03. The van der Waals surface area contributed by atoms with Gasteiger partial charge < -0.3 is 5.73 Å². The average molecular weight is 271 g/mol. The molecule has 2 fully saturated rings. The van der Waals surface area contributed by atoms with Gasteiger partial charge in [-0.1, -0.05) is 5.21 Å². The van der Waals surface area contributed by atoms with Crippen LogP contribution in [0.25, 0.3) is 0 Å². The molecule has 0 bridgehead atoms. The van der Waals surface area contributed by atoms with Crippen LogP contribution >= 0.6 is 15.9 Å². The molecule has 3 unspecified atom stereocenters. The molecule has 1 aromatic heterocycles. The van der Waals surface area contributed by atoms with Crippen molar-refractivity contribution in [1.29, 1.82) is 0 Å². The first-order valence-electron chi connectivity index (χ1n) is 5.47. The third-order valence-electron chi connectivity index (χ3n) is 3.93. The molecule has 15 heavy (non-hydrogen) atoms. The summed E-state index contributed by atoms with van der Waals surface area (Å²) in [5.74, 6) is 2.57. The summed E-state index contributed by atoms with van der Waals surface area (Å²) in [4.78, 5) is 0. The topological polar surface area (TPSA) is 56.7 Å². The van der Waals surface area contributed by atoms with Gasteiger partial charge in [0, 0.05) is 7.05 Å². The summed E-state index contributed by atoms with van der Waals surface area (Å²) in [5.41, 5.74) is 7.34. The highest BCUT2D eigenvalue weighted by molar-refractivity contribution is 9.10. The highest BCUT2D eigenvalue weighted by Crippen LogP contribution is 2.56. The van der Waals surface area contributed by atoms with Gasteiger partial charge in [0.15, 0.2) is 4.60 Å². The van der Waals surface area contributed by atoms with E-state index in [2.05, 4.69) is 26.2 Å². The molecular formula is C10H15BrN4. The predicted octanol–water partition coefficient (Wildman–Crippen LogP) is 1.62. The lowest BCUT2D eigenvalue weighted by atomic mass is 9.93. The van der Waals surface area contributed by atoms with Crippen LogP contribution in [0.2, 0.25) is 0 Å². The maximum atomic E-state index is 6.30. The third-order valence-corrected chi connectivity index (χ3v) is 4.50. The van der Waals surface area contributed by atoms with E-state index in [-0.39, 0.29) is 6.04 Å². The van der Waals surface area contributed by atoms with Crippen molar-refractivity contribution in [2.45, 2.75) is 25.3 Å². The van der Waals surface area contributed by atoms with Crippen molar-refractivity contribution in [3.05, 3.63) is 10.3 Å².